The van der Waals surface area contributed by atoms with Gasteiger partial charge in [-0.25, -0.2) is 9.97 Å². The highest BCUT2D eigenvalue weighted by atomic mass is 32.1. The van der Waals surface area contributed by atoms with Gasteiger partial charge in [-0.05, 0) is 55.0 Å². The van der Waals surface area contributed by atoms with Crippen LogP contribution in [0.1, 0.15) is 15.9 Å². The number of anilines is 1. The number of fused-ring (bicyclic) bond motifs is 2. The molecule has 0 bridgehead atoms. The Morgan fingerprint density at radius 1 is 1.17 bits per heavy atom. The van der Waals surface area contributed by atoms with E-state index in [1.54, 1.807) is 18.7 Å². The van der Waals surface area contributed by atoms with Crippen LogP contribution < -0.4 is 10.1 Å². The number of rotatable bonds is 4. The minimum absolute atomic E-state index is 0.202. The van der Waals surface area contributed by atoms with Gasteiger partial charge in [0.1, 0.15) is 11.4 Å². The molecule has 0 aliphatic heterocycles. The lowest BCUT2D eigenvalue weighted by Crippen LogP contribution is -2.12. The summed E-state index contributed by atoms with van der Waals surface area (Å²) in [5.41, 5.74) is 7.56. The fourth-order valence-electron chi connectivity index (χ4n) is 3.45. The van der Waals surface area contributed by atoms with Gasteiger partial charge >= 0.3 is 0 Å². The molecule has 6 nitrogen and oxygen atoms in total. The number of thiazole rings is 1. The summed E-state index contributed by atoms with van der Waals surface area (Å²) in [6, 6.07) is 15.2. The third kappa shape index (κ3) is 3.19. The second kappa shape index (κ2) is 7.27. The largest absolute Gasteiger partial charge is 0.495 e. The smallest absolute Gasteiger partial charge is 0.255 e. The van der Waals surface area contributed by atoms with E-state index in [1.807, 2.05) is 66.2 Å². The van der Waals surface area contributed by atoms with Crippen molar-refractivity contribution in [2.45, 2.75) is 6.92 Å². The standard InChI is InChI=1S/C23H18N4O2S/c1-14-4-3-9-27-12-19(25-22(14)27)15-6-8-20(29-2)18(10-15)26-23(28)16-5-7-17-21(11-16)30-13-24-17/h3-13H,1-2H3,(H,26,28). The lowest BCUT2D eigenvalue weighted by Gasteiger charge is -2.11. The Balaban J connectivity index is 1.50. The molecule has 5 aromatic rings. The zero-order valence-electron chi connectivity index (χ0n) is 16.4. The number of nitrogens with one attached hydrogen (secondary N) is 1. The molecule has 148 valence electrons. The topological polar surface area (TPSA) is 68.5 Å². The Bertz CT molecular complexity index is 1400. The number of aryl methyl sites for hydroxylation is 1. The van der Waals surface area contributed by atoms with E-state index in [1.165, 1.54) is 11.3 Å². The van der Waals surface area contributed by atoms with Crippen LogP contribution in [-0.4, -0.2) is 27.4 Å². The molecule has 5 rings (SSSR count). The lowest BCUT2D eigenvalue weighted by atomic mass is 10.1. The number of carbonyl (C=O) groups excluding carboxylic acids is 1. The summed E-state index contributed by atoms with van der Waals surface area (Å²) in [4.78, 5) is 21.9. The first-order valence-corrected chi connectivity index (χ1v) is 10.3. The van der Waals surface area contributed by atoms with Crippen molar-refractivity contribution in [3.05, 3.63) is 77.6 Å². The molecule has 30 heavy (non-hydrogen) atoms. The van der Waals surface area contributed by atoms with Crippen molar-refractivity contribution in [2.75, 3.05) is 12.4 Å². The summed E-state index contributed by atoms with van der Waals surface area (Å²) in [7, 11) is 1.59. The van der Waals surface area contributed by atoms with Crippen molar-refractivity contribution >= 4 is 38.8 Å². The highest BCUT2D eigenvalue weighted by Crippen LogP contribution is 2.31. The van der Waals surface area contributed by atoms with Gasteiger partial charge in [-0.1, -0.05) is 6.07 Å². The van der Waals surface area contributed by atoms with Crippen molar-refractivity contribution in [1.82, 2.24) is 14.4 Å². The zero-order chi connectivity index (χ0) is 20.7. The molecule has 2 aromatic carbocycles. The van der Waals surface area contributed by atoms with Crippen molar-refractivity contribution < 1.29 is 9.53 Å². The number of benzene rings is 2. The van der Waals surface area contributed by atoms with Crippen molar-refractivity contribution in [1.29, 1.82) is 0 Å². The van der Waals surface area contributed by atoms with Crippen LogP contribution in [0.15, 0.2) is 66.4 Å². The van der Waals surface area contributed by atoms with Crippen molar-refractivity contribution in [2.24, 2.45) is 0 Å². The molecule has 0 unspecified atom stereocenters. The number of imidazole rings is 1. The van der Waals surface area contributed by atoms with Crippen molar-refractivity contribution in [3.63, 3.8) is 0 Å². The minimum Gasteiger partial charge on any atom is -0.495 e. The van der Waals surface area contributed by atoms with Gasteiger partial charge < -0.3 is 14.5 Å². The number of amides is 1. The van der Waals surface area contributed by atoms with E-state index in [-0.39, 0.29) is 5.91 Å². The van der Waals surface area contributed by atoms with E-state index in [0.29, 0.717) is 17.0 Å². The van der Waals surface area contributed by atoms with Crippen LogP contribution in [0, 0.1) is 6.92 Å². The molecule has 3 heterocycles. The molecule has 7 heteroatoms. The second-order valence-electron chi connectivity index (χ2n) is 6.95. The second-order valence-corrected chi connectivity index (χ2v) is 7.84. The number of pyridine rings is 1. The number of hydrogen-bond acceptors (Lipinski definition) is 5. The summed E-state index contributed by atoms with van der Waals surface area (Å²) < 4.78 is 8.43. The molecule has 1 N–H and O–H groups in total. The number of ether oxygens (including phenoxy) is 1. The highest BCUT2D eigenvalue weighted by Gasteiger charge is 2.14. The number of carbonyl (C=O) groups is 1. The molecule has 0 atom stereocenters. The van der Waals surface area contributed by atoms with Gasteiger partial charge in [0, 0.05) is 23.5 Å². The molecule has 1 amide bonds. The van der Waals surface area contributed by atoms with Crippen LogP contribution in [0.5, 0.6) is 5.75 Å². The van der Waals surface area contributed by atoms with Crippen LogP contribution in [0.4, 0.5) is 5.69 Å². The molecule has 3 aromatic heterocycles. The average Bonchev–Trinajstić information content (AvgIpc) is 3.40. The Kier molecular flexibility index (Phi) is 4.44. The predicted octanol–water partition coefficient (Wildman–Crippen LogP) is 5.18. The molecule has 0 fully saturated rings. The normalized spacial score (nSPS) is 11.1. The van der Waals surface area contributed by atoms with Crippen molar-refractivity contribution in [3.8, 4) is 17.0 Å². The van der Waals surface area contributed by atoms with Crippen LogP contribution >= 0.6 is 11.3 Å². The molecule has 0 aliphatic rings. The van der Waals surface area contributed by atoms with Crippen LogP contribution in [0.25, 0.3) is 27.1 Å². The maximum absolute atomic E-state index is 12.9. The molecule has 0 saturated heterocycles. The highest BCUT2D eigenvalue weighted by molar-refractivity contribution is 7.16. The Hall–Kier alpha value is -3.71. The summed E-state index contributed by atoms with van der Waals surface area (Å²) in [5.74, 6) is 0.387. The summed E-state index contributed by atoms with van der Waals surface area (Å²) in [6.07, 6.45) is 3.95. The van der Waals surface area contributed by atoms with E-state index in [2.05, 4.69) is 10.3 Å². The Morgan fingerprint density at radius 2 is 2.07 bits per heavy atom. The minimum atomic E-state index is -0.202. The fourth-order valence-corrected chi connectivity index (χ4v) is 4.16. The molecular weight excluding hydrogens is 396 g/mol. The molecular formula is C23H18N4O2S. The number of aromatic nitrogens is 3. The lowest BCUT2D eigenvalue weighted by molar-refractivity contribution is 0.102. The van der Waals surface area contributed by atoms with E-state index < -0.39 is 0 Å². The average molecular weight is 414 g/mol. The SMILES string of the molecule is COc1ccc(-c2cn3cccc(C)c3n2)cc1NC(=O)c1ccc2ncsc2c1. The molecule has 0 radical (unpaired) electrons. The van der Waals surface area contributed by atoms with Gasteiger partial charge in [0.2, 0.25) is 0 Å². The number of hydrogen-bond donors (Lipinski definition) is 1. The van der Waals surface area contributed by atoms with Crippen LogP contribution in [-0.2, 0) is 0 Å². The first-order valence-electron chi connectivity index (χ1n) is 9.40. The van der Waals surface area contributed by atoms with Gasteiger partial charge in [-0.2, -0.15) is 0 Å². The first kappa shape index (κ1) is 18.3. The van der Waals surface area contributed by atoms with Gasteiger partial charge in [0.05, 0.1) is 34.2 Å². The predicted molar refractivity (Wildman–Crippen MR) is 119 cm³/mol. The molecule has 0 aliphatic carbocycles. The quantitative estimate of drug-likeness (QED) is 0.440. The zero-order valence-corrected chi connectivity index (χ0v) is 17.2. The maximum Gasteiger partial charge on any atom is 0.255 e. The van der Waals surface area contributed by atoms with Crippen LogP contribution in [0.3, 0.4) is 0 Å². The van der Waals surface area contributed by atoms with Gasteiger partial charge in [-0.3, -0.25) is 4.79 Å². The monoisotopic (exact) mass is 414 g/mol. The maximum atomic E-state index is 12.9. The Labute approximate surface area is 176 Å². The molecule has 0 saturated carbocycles. The van der Waals surface area contributed by atoms with E-state index in [4.69, 9.17) is 9.72 Å². The van der Waals surface area contributed by atoms with Crippen LogP contribution in [0.2, 0.25) is 0 Å². The third-order valence-corrected chi connectivity index (χ3v) is 5.81. The van der Waals surface area contributed by atoms with Gasteiger partial charge in [-0.15, -0.1) is 11.3 Å². The van der Waals surface area contributed by atoms with E-state index >= 15 is 0 Å². The van der Waals surface area contributed by atoms with Gasteiger partial charge in [0.15, 0.2) is 0 Å². The third-order valence-electron chi connectivity index (χ3n) is 5.01. The van der Waals surface area contributed by atoms with E-state index in [9.17, 15) is 4.79 Å². The van der Waals surface area contributed by atoms with E-state index in [0.717, 1.165) is 32.7 Å². The molecule has 0 spiro atoms. The van der Waals surface area contributed by atoms with Gasteiger partial charge in [0.25, 0.3) is 5.91 Å². The first-order chi connectivity index (χ1) is 14.6. The fraction of sp³-hybridized carbons (Fsp3) is 0.0870. The number of methoxy groups -OCH3 is 1. The summed E-state index contributed by atoms with van der Waals surface area (Å²) >= 11 is 1.51. The summed E-state index contributed by atoms with van der Waals surface area (Å²) in [5, 5.41) is 2.98. The Morgan fingerprint density at radius 3 is 2.90 bits per heavy atom. The number of nitrogens with zero attached hydrogens (tertiary/aromatic N) is 3. The summed E-state index contributed by atoms with van der Waals surface area (Å²) in [6.45, 7) is 2.03.